The van der Waals surface area contributed by atoms with Gasteiger partial charge in [-0.2, -0.15) is 11.8 Å². The fourth-order valence-corrected chi connectivity index (χ4v) is 1.27. The van der Waals surface area contributed by atoms with E-state index in [9.17, 15) is 4.39 Å². The zero-order valence-electron chi connectivity index (χ0n) is 8.34. The van der Waals surface area contributed by atoms with Gasteiger partial charge in [0, 0.05) is 17.5 Å². The Bertz CT molecular complexity index is 317. The molecule has 1 rings (SSSR count). The van der Waals surface area contributed by atoms with Crippen LogP contribution >= 0.6 is 11.8 Å². The molecule has 1 aromatic carbocycles. The number of rotatable bonds is 4. The summed E-state index contributed by atoms with van der Waals surface area (Å²) in [5.74, 6) is 0.739. The normalized spacial score (nSPS) is 10.2. The Morgan fingerprint density at radius 2 is 2.21 bits per heavy atom. The summed E-state index contributed by atoms with van der Waals surface area (Å²) in [5, 5.41) is 0. The molecule has 0 aliphatic carbocycles. The molecule has 14 heavy (non-hydrogen) atoms. The first-order valence-electron chi connectivity index (χ1n) is 4.32. The molecule has 0 spiro atoms. The Labute approximate surface area is 87.6 Å². The molecule has 0 radical (unpaired) electrons. The lowest BCUT2D eigenvalue weighted by atomic mass is 10.2. The maximum Gasteiger partial charge on any atom is 0.167 e. The second-order valence-electron chi connectivity index (χ2n) is 2.98. The van der Waals surface area contributed by atoms with Gasteiger partial charge in [-0.15, -0.1) is 0 Å². The summed E-state index contributed by atoms with van der Waals surface area (Å²) in [6.45, 7) is 2.34. The van der Waals surface area contributed by atoms with Gasteiger partial charge in [0.2, 0.25) is 0 Å². The number of aryl methyl sites for hydroxylation is 1. The van der Waals surface area contributed by atoms with Crippen LogP contribution in [0.4, 0.5) is 10.1 Å². The first-order valence-corrected chi connectivity index (χ1v) is 5.72. The quantitative estimate of drug-likeness (QED) is 0.619. The van der Waals surface area contributed by atoms with Crippen LogP contribution in [0.1, 0.15) is 5.56 Å². The first-order chi connectivity index (χ1) is 6.65. The molecule has 0 aliphatic heterocycles. The van der Waals surface area contributed by atoms with Crippen molar-refractivity contribution in [1.82, 2.24) is 0 Å². The number of nitrogens with two attached hydrogens (primary N) is 1. The number of thioether (sulfide) groups is 1. The fraction of sp³-hybridized carbons (Fsp3) is 0.400. The van der Waals surface area contributed by atoms with E-state index in [0.29, 0.717) is 12.3 Å². The fourth-order valence-electron chi connectivity index (χ4n) is 1.02. The molecule has 0 heterocycles. The highest BCUT2D eigenvalue weighted by molar-refractivity contribution is 7.98. The lowest BCUT2D eigenvalue weighted by molar-refractivity contribution is 0.325. The van der Waals surface area contributed by atoms with Crippen molar-refractivity contribution in [2.45, 2.75) is 6.92 Å². The maximum absolute atomic E-state index is 13.2. The molecular formula is C10H14FNOS. The van der Waals surface area contributed by atoms with Gasteiger partial charge in [-0.1, -0.05) is 0 Å². The molecular weight excluding hydrogens is 201 g/mol. The molecule has 4 heteroatoms. The van der Waals surface area contributed by atoms with E-state index in [4.69, 9.17) is 10.5 Å². The molecule has 0 atom stereocenters. The van der Waals surface area contributed by atoms with Gasteiger partial charge in [-0.05, 0) is 24.8 Å². The van der Waals surface area contributed by atoms with E-state index in [0.717, 1.165) is 11.3 Å². The molecule has 0 unspecified atom stereocenters. The van der Waals surface area contributed by atoms with Crippen LogP contribution in [0.2, 0.25) is 0 Å². The summed E-state index contributed by atoms with van der Waals surface area (Å²) in [4.78, 5) is 0. The molecule has 0 saturated carbocycles. The highest BCUT2D eigenvalue weighted by Crippen LogP contribution is 2.23. The van der Waals surface area contributed by atoms with Crippen molar-refractivity contribution in [2.75, 3.05) is 24.3 Å². The number of hydrogen-bond acceptors (Lipinski definition) is 3. The third kappa shape index (κ3) is 2.80. The van der Waals surface area contributed by atoms with Crippen LogP contribution < -0.4 is 10.5 Å². The van der Waals surface area contributed by atoms with Gasteiger partial charge in [0.1, 0.15) is 0 Å². The van der Waals surface area contributed by atoms with Crippen molar-refractivity contribution in [3.05, 3.63) is 23.5 Å². The van der Waals surface area contributed by atoms with Crippen molar-refractivity contribution in [3.8, 4) is 5.75 Å². The molecule has 2 nitrogen and oxygen atoms in total. The average Bonchev–Trinajstić information content (AvgIpc) is 2.14. The molecule has 0 amide bonds. The van der Waals surface area contributed by atoms with Gasteiger partial charge >= 0.3 is 0 Å². The summed E-state index contributed by atoms with van der Waals surface area (Å²) < 4.78 is 18.5. The van der Waals surface area contributed by atoms with Crippen LogP contribution in [-0.2, 0) is 0 Å². The summed E-state index contributed by atoms with van der Waals surface area (Å²) in [5.41, 5.74) is 6.84. The molecule has 0 saturated heterocycles. The van der Waals surface area contributed by atoms with E-state index in [-0.39, 0.29) is 5.75 Å². The highest BCUT2D eigenvalue weighted by Gasteiger charge is 2.05. The number of benzene rings is 1. The zero-order valence-corrected chi connectivity index (χ0v) is 9.16. The van der Waals surface area contributed by atoms with Gasteiger partial charge in [-0.25, -0.2) is 4.39 Å². The Morgan fingerprint density at radius 3 is 2.86 bits per heavy atom. The standard InChI is InChI=1S/C10H14FNOS/c1-7-5-10(13-3-4-14-2)8(11)6-9(7)12/h5-6H,3-4,12H2,1-2H3. The third-order valence-corrected chi connectivity index (χ3v) is 2.44. The van der Waals surface area contributed by atoms with E-state index in [2.05, 4.69) is 0 Å². The van der Waals surface area contributed by atoms with Crippen LogP contribution in [0.3, 0.4) is 0 Å². The SMILES string of the molecule is CSCCOc1cc(C)c(N)cc1F. The molecule has 0 fully saturated rings. The van der Waals surface area contributed by atoms with Crippen molar-refractivity contribution >= 4 is 17.4 Å². The predicted molar refractivity (Wildman–Crippen MR) is 59.4 cm³/mol. The topological polar surface area (TPSA) is 35.2 Å². The van der Waals surface area contributed by atoms with Crippen molar-refractivity contribution in [1.29, 1.82) is 0 Å². The van der Waals surface area contributed by atoms with Gasteiger partial charge in [0.15, 0.2) is 11.6 Å². The molecule has 2 N–H and O–H groups in total. The van der Waals surface area contributed by atoms with E-state index < -0.39 is 5.82 Å². The number of anilines is 1. The number of hydrogen-bond donors (Lipinski definition) is 1. The maximum atomic E-state index is 13.2. The Kier molecular flexibility index (Phi) is 4.07. The average molecular weight is 215 g/mol. The summed E-state index contributed by atoms with van der Waals surface area (Å²) in [6.07, 6.45) is 1.98. The molecule has 0 bridgehead atoms. The number of nitrogen functional groups attached to an aromatic ring is 1. The summed E-state index contributed by atoms with van der Waals surface area (Å²) >= 11 is 1.66. The van der Waals surface area contributed by atoms with E-state index in [1.807, 2.05) is 13.2 Å². The Hall–Kier alpha value is -0.900. The van der Waals surface area contributed by atoms with Gasteiger partial charge in [0.25, 0.3) is 0 Å². The molecule has 1 aromatic rings. The lowest BCUT2D eigenvalue weighted by Crippen LogP contribution is -2.02. The first kappa shape index (κ1) is 11.2. The van der Waals surface area contributed by atoms with Crippen LogP contribution in [0.25, 0.3) is 0 Å². The predicted octanol–water partition coefficient (Wildman–Crippen LogP) is 2.46. The Balaban J connectivity index is 2.72. The minimum Gasteiger partial charge on any atom is -0.490 e. The largest absolute Gasteiger partial charge is 0.490 e. The summed E-state index contributed by atoms with van der Waals surface area (Å²) in [7, 11) is 0. The number of ether oxygens (including phenoxy) is 1. The second kappa shape index (κ2) is 5.10. The third-order valence-electron chi connectivity index (χ3n) is 1.87. The van der Waals surface area contributed by atoms with Crippen molar-refractivity contribution < 1.29 is 9.13 Å². The monoisotopic (exact) mass is 215 g/mol. The lowest BCUT2D eigenvalue weighted by Gasteiger charge is -2.08. The van der Waals surface area contributed by atoms with Crippen LogP contribution in [0.15, 0.2) is 12.1 Å². The summed E-state index contributed by atoms with van der Waals surface area (Å²) in [6, 6.07) is 2.93. The van der Waals surface area contributed by atoms with Gasteiger partial charge < -0.3 is 10.5 Å². The van der Waals surface area contributed by atoms with Crippen LogP contribution in [0, 0.1) is 12.7 Å². The van der Waals surface area contributed by atoms with Crippen molar-refractivity contribution in [3.63, 3.8) is 0 Å². The zero-order chi connectivity index (χ0) is 10.6. The van der Waals surface area contributed by atoms with E-state index in [1.54, 1.807) is 17.8 Å². The van der Waals surface area contributed by atoms with E-state index in [1.165, 1.54) is 6.07 Å². The van der Waals surface area contributed by atoms with Crippen LogP contribution in [0.5, 0.6) is 5.75 Å². The highest BCUT2D eigenvalue weighted by atomic mass is 32.2. The molecule has 0 aliphatic rings. The Morgan fingerprint density at radius 1 is 1.50 bits per heavy atom. The van der Waals surface area contributed by atoms with E-state index >= 15 is 0 Å². The minimum atomic E-state index is -0.394. The van der Waals surface area contributed by atoms with Crippen LogP contribution in [-0.4, -0.2) is 18.6 Å². The molecule has 0 aromatic heterocycles. The smallest absolute Gasteiger partial charge is 0.167 e. The van der Waals surface area contributed by atoms with Gasteiger partial charge in [-0.3, -0.25) is 0 Å². The number of halogens is 1. The second-order valence-corrected chi connectivity index (χ2v) is 3.97. The van der Waals surface area contributed by atoms with Gasteiger partial charge in [0.05, 0.1) is 6.61 Å². The van der Waals surface area contributed by atoms with Crippen molar-refractivity contribution in [2.24, 2.45) is 0 Å². The minimum absolute atomic E-state index is 0.283. The molecule has 78 valence electrons.